The van der Waals surface area contributed by atoms with E-state index in [-0.39, 0.29) is 23.2 Å². The number of nitro groups is 1. The van der Waals surface area contributed by atoms with Crippen molar-refractivity contribution in [3.05, 3.63) is 28.3 Å². The highest BCUT2D eigenvalue weighted by Gasteiger charge is 2.23. The Morgan fingerprint density at radius 2 is 2.00 bits per heavy atom. The van der Waals surface area contributed by atoms with Crippen LogP contribution in [0, 0.1) is 16.0 Å². The average Bonchev–Trinajstić information content (AvgIpc) is 2.61. The van der Waals surface area contributed by atoms with Crippen LogP contribution < -0.4 is 20.1 Å². The van der Waals surface area contributed by atoms with Crippen molar-refractivity contribution in [3.8, 4) is 11.5 Å². The number of nitro benzene ring substituents is 1. The van der Waals surface area contributed by atoms with E-state index in [9.17, 15) is 19.7 Å². The molecule has 2 atom stereocenters. The maximum Gasteiger partial charge on any atom is 0.321 e. The number of non-ortho nitro benzene ring substituents is 1. The van der Waals surface area contributed by atoms with E-state index in [4.69, 9.17) is 9.47 Å². The summed E-state index contributed by atoms with van der Waals surface area (Å²) in [5, 5.41) is 15.8. The maximum absolute atomic E-state index is 11.9. The molecule has 142 valence electrons. The number of carbonyl (C=O) groups excluding carboxylic acids is 2. The number of methoxy groups -OCH3 is 1. The summed E-state index contributed by atoms with van der Waals surface area (Å²) in [5.41, 5.74) is -0.190. The molecule has 9 nitrogen and oxygen atoms in total. The number of hydrogen-bond acceptors (Lipinski definition) is 6. The number of nitrogens with zero attached hydrogens (tertiary/aromatic N) is 1. The topological polar surface area (TPSA) is 120 Å². The molecule has 9 heteroatoms. The van der Waals surface area contributed by atoms with Crippen LogP contribution in [0.25, 0.3) is 0 Å². The summed E-state index contributed by atoms with van der Waals surface area (Å²) in [5.74, 6) is 0.0246. The van der Waals surface area contributed by atoms with Crippen LogP contribution >= 0.6 is 0 Å². The van der Waals surface area contributed by atoms with Crippen molar-refractivity contribution >= 4 is 17.6 Å². The van der Waals surface area contributed by atoms with Crippen LogP contribution in [0.1, 0.15) is 32.6 Å². The first-order valence-electron chi connectivity index (χ1n) is 8.46. The van der Waals surface area contributed by atoms with Crippen LogP contribution in [0.4, 0.5) is 10.5 Å². The molecule has 1 aromatic carbocycles. The minimum atomic E-state index is -0.653. The van der Waals surface area contributed by atoms with Gasteiger partial charge in [-0.2, -0.15) is 0 Å². The largest absolute Gasteiger partial charge is 0.493 e. The van der Waals surface area contributed by atoms with Gasteiger partial charge >= 0.3 is 6.03 Å². The molecular weight excluding hydrogens is 342 g/mol. The number of amides is 3. The minimum Gasteiger partial charge on any atom is -0.493 e. The van der Waals surface area contributed by atoms with Crippen molar-refractivity contribution in [1.29, 1.82) is 0 Å². The molecule has 0 heterocycles. The summed E-state index contributed by atoms with van der Waals surface area (Å²) in [6.07, 6.45) is 4.15. The van der Waals surface area contributed by atoms with Gasteiger partial charge in [-0.05, 0) is 24.8 Å². The number of hydrogen-bond donors (Lipinski definition) is 2. The van der Waals surface area contributed by atoms with E-state index in [0.717, 1.165) is 31.7 Å². The van der Waals surface area contributed by atoms with Crippen LogP contribution in [0.15, 0.2) is 18.2 Å². The predicted octanol–water partition coefficient (Wildman–Crippen LogP) is 2.39. The molecule has 1 aliphatic rings. The van der Waals surface area contributed by atoms with Crippen molar-refractivity contribution in [2.75, 3.05) is 13.7 Å². The lowest BCUT2D eigenvalue weighted by atomic mass is 9.86. The molecule has 26 heavy (non-hydrogen) atoms. The standard InChI is InChI=1S/C17H23N3O6/c1-11-5-3-4-6-13(11)18-17(22)19-16(21)10-26-15-9-12(20(23)24)7-8-14(15)25-2/h7-9,11,13H,3-6,10H2,1-2H3,(H2,18,19,21,22)/t11-,13-/m1/s1. The molecule has 1 aliphatic carbocycles. The first kappa shape index (κ1) is 19.5. The molecule has 3 amide bonds. The molecule has 0 spiro atoms. The summed E-state index contributed by atoms with van der Waals surface area (Å²) < 4.78 is 10.3. The highest BCUT2D eigenvalue weighted by Crippen LogP contribution is 2.31. The van der Waals surface area contributed by atoms with Crippen LogP contribution in [0.3, 0.4) is 0 Å². The van der Waals surface area contributed by atoms with Gasteiger partial charge in [-0.1, -0.05) is 19.8 Å². The minimum absolute atomic E-state index is 0.0503. The van der Waals surface area contributed by atoms with Gasteiger partial charge < -0.3 is 14.8 Å². The molecule has 0 unspecified atom stereocenters. The van der Waals surface area contributed by atoms with Gasteiger partial charge in [0.25, 0.3) is 11.6 Å². The third-order valence-electron chi connectivity index (χ3n) is 4.40. The summed E-state index contributed by atoms with van der Waals surface area (Å²) >= 11 is 0. The number of benzene rings is 1. The summed E-state index contributed by atoms with van der Waals surface area (Å²) in [6.45, 7) is 1.61. The Morgan fingerprint density at radius 1 is 1.27 bits per heavy atom. The molecule has 0 saturated heterocycles. The van der Waals surface area contributed by atoms with Gasteiger partial charge in [0, 0.05) is 12.1 Å². The highest BCUT2D eigenvalue weighted by atomic mass is 16.6. The van der Waals surface area contributed by atoms with E-state index in [1.807, 2.05) is 0 Å². The van der Waals surface area contributed by atoms with E-state index in [2.05, 4.69) is 17.6 Å². The number of imide groups is 1. The molecule has 0 aliphatic heterocycles. The number of rotatable bonds is 6. The Balaban J connectivity index is 1.87. The SMILES string of the molecule is COc1ccc([N+](=O)[O-])cc1OCC(=O)NC(=O)N[C@@H]1CCCC[C@H]1C. The first-order chi connectivity index (χ1) is 12.4. The smallest absolute Gasteiger partial charge is 0.321 e. The fraction of sp³-hybridized carbons (Fsp3) is 0.529. The van der Waals surface area contributed by atoms with E-state index in [1.165, 1.54) is 19.2 Å². The summed E-state index contributed by atoms with van der Waals surface area (Å²) in [6, 6.07) is 3.29. The second-order valence-electron chi connectivity index (χ2n) is 6.27. The molecule has 2 N–H and O–H groups in total. The van der Waals surface area contributed by atoms with Crippen LogP contribution in [-0.4, -0.2) is 36.6 Å². The van der Waals surface area contributed by atoms with Crippen molar-refractivity contribution in [1.82, 2.24) is 10.6 Å². The number of urea groups is 1. The lowest BCUT2D eigenvalue weighted by molar-refractivity contribution is -0.385. The third-order valence-corrected chi connectivity index (χ3v) is 4.40. The molecule has 2 rings (SSSR count). The molecule has 1 saturated carbocycles. The molecular formula is C17H23N3O6. The van der Waals surface area contributed by atoms with E-state index in [0.29, 0.717) is 5.92 Å². The van der Waals surface area contributed by atoms with Gasteiger partial charge in [0.2, 0.25) is 0 Å². The second kappa shape index (κ2) is 9.02. The van der Waals surface area contributed by atoms with E-state index in [1.54, 1.807) is 0 Å². The first-order valence-corrected chi connectivity index (χ1v) is 8.46. The van der Waals surface area contributed by atoms with Gasteiger partial charge in [-0.15, -0.1) is 0 Å². The van der Waals surface area contributed by atoms with Gasteiger partial charge in [-0.3, -0.25) is 20.2 Å². The zero-order valence-corrected chi connectivity index (χ0v) is 14.8. The molecule has 1 fully saturated rings. The predicted molar refractivity (Wildman–Crippen MR) is 93.2 cm³/mol. The Hall–Kier alpha value is -2.84. The lowest BCUT2D eigenvalue weighted by Crippen LogP contribution is -2.48. The highest BCUT2D eigenvalue weighted by molar-refractivity contribution is 5.95. The lowest BCUT2D eigenvalue weighted by Gasteiger charge is -2.29. The fourth-order valence-electron chi connectivity index (χ4n) is 2.93. The molecule has 0 aromatic heterocycles. The van der Waals surface area contributed by atoms with Crippen molar-refractivity contribution in [2.24, 2.45) is 5.92 Å². The van der Waals surface area contributed by atoms with Gasteiger partial charge in [0.1, 0.15) is 0 Å². The van der Waals surface area contributed by atoms with E-state index < -0.39 is 23.5 Å². The fourth-order valence-corrected chi connectivity index (χ4v) is 2.93. The number of nitrogens with one attached hydrogen (secondary N) is 2. The second-order valence-corrected chi connectivity index (χ2v) is 6.27. The van der Waals surface area contributed by atoms with Crippen LogP contribution in [0.5, 0.6) is 11.5 Å². The Bertz CT molecular complexity index is 678. The summed E-state index contributed by atoms with van der Waals surface area (Å²) in [7, 11) is 1.38. The third kappa shape index (κ3) is 5.33. The van der Waals surface area contributed by atoms with Gasteiger partial charge in [0.15, 0.2) is 18.1 Å². The van der Waals surface area contributed by atoms with Crippen molar-refractivity contribution < 1.29 is 24.0 Å². The molecule has 0 bridgehead atoms. The monoisotopic (exact) mass is 365 g/mol. The van der Waals surface area contributed by atoms with Crippen LogP contribution in [-0.2, 0) is 4.79 Å². The normalized spacial score (nSPS) is 19.3. The Labute approximate surface area is 151 Å². The van der Waals surface area contributed by atoms with E-state index >= 15 is 0 Å². The zero-order valence-electron chi connectivity index (χ0n) is 14.8. The Morgan fingerprint density at radius 3 is 2.65 bits per heavy atom. The van der Waals surface area contributed by atoms with Gasteiger partial charge in [-0.25, -0.2) is 4.79 Å². The van der Waals surface area contributed by atoms with Crippen molar-refractivity contribution in [2.45, 2.75) is 38.6 Å². The zero-order chi connectivity index (χ0) is 19.1. The average molecular weight is 365 g/mol. The number of ether oxygens (including phenoxy) is 2. The van der Waals surface area contributed by atoms with Crippen LogP contribution in [0.2, 0.25) is 0 Å². The molecule has 0 radical (unpaired) electrons. The van der Waals surface area contributed by atoms with Gasteiger partial charge in [0.05, 0.1) is 18.1 Å². The summed E-state index contributed by atoms with van der Waals surface area (Å²) in [4.78, 5) is 34.1. The Kier molecular flexibility index (Phi) is 6.76. The molecule has 1 aromatic rings. The maximum atomic E-state index is 11.9. The number of carbonyl (C=O) groups is 2. The quantitative estimate of drug-likeness (QED) is 0.590. The van der Waals surface area contributed by atoms with Crippen molar-refractivity contribution in [3.63, 3.8) is 0 Å².